The summed E-state index contributed by atoms with van der Waals surface area (Å²) >= 11 is 0. The molecule has 2 aliphatic rings. The summed E-state index contributed by atoms with van der Waals surface area (Å²) in [6, 6.07) is 5.33. The van der Waals surface area contributed by atoms with Crippen LogP contribution in [0.15, 0.2) is 12.1 Å². The van der Waals surface area contributed by atoms with Crippen molar-refractivity contribution in [3.8, 4) is 0 Å². The van der Waals surface area contributed by atoms with Crippen LogP contribution in [0.5, 0.6) is 0 Å². The minimum absolute atomic E-state index is 0.632. The fourth-order valence-corrected chi connectivity index (χ4v) is 59.3. The van der Waals surface area contributed by atoms with Gasteiger partial charge in [0.25, 0.3) is 37.1 Å². The van der Waals surface area contributed by atoms with Gasteiger partial charge in [0.05, 0.1) is 35.2 Å². The van der Waals surface area contributed by atoms with Crippen LogP contribution in [0.25, 0.3) is 0 Å². The van der Waals surface area contributed by atoms with Gasteiger partial charge in [-0.2, -0.15) is 0 Å². The third-order valence-corrected chi connectivity index (χ3v) is 52.4. The van der Waals surface area contributed by atoms with Crippen molar-refractivity contribution in [1.82, 2.24) is 0 Å². The van der Waals surface area contributed by atoms with E-state index >= 15 is 0 Å². The second-order valence-corrected chi connectivity index (χ2v) is 61.2. The van der Waals surface area contributed by atoms with Gasteiger partial charge in [-0.1, -0.05) is 102 Å². The quantitative estimate of drug-likeness (QED) is 0.272. The number of benzene rings is 1. The van der Waals surface area contributed by atoms with Gasteiger partial charge < -0.3 is 32.9 Å². The second kappa shape index (κ2) is 29.6. The molecule has 0 radical (unpaired) electrons. The van der Waals surface area contributed by atoms with Gasteiger partial charge in [0.2, 0.25) is 0 Å². The molecule has 2 heterocycles. The molecule has 53 heavy (non-hydrogen) atoms. The topological polar surface area (TPSA) is 73.8 Å². The molecular formula is C29H86O8Si16. The lowest BCUT2D eigenvalue weighted by molar-refractivity contribution is 0.164. The van der Waals surface area contributed by atoms with Crippen LogP contribution in [0, 0.1) is 0 Å². The molecule has 314 valence electrons. The predicted molar refractivity (Wildman–Crippen MR) is 283 cm³/mol. The molecule has 0 bridgehead atoms. The molecular weight excluding hydrogens is 926 g/mol. The van der Waals surface area contributed by atoms with Crippen molar-refractivity contribution in [2.75, 3.05) is 0 Å². The molecule has 2 saturated heterocycles. The fraction of sp³-hybridized carbons (Fsp3) is 0.793. The summed E-state index contributed by atoms with van der Waals surface area (Å²) in [5.74, 6) is 0. The maximum Gasteiger partial charge on any atom is 0.636 e. The summed E-state index contributed by atoms with van der Waals surface area (Å²) in [6.45, 7) is 45.2. The van der Waals surface area contributed by atoms with Gasteiger partial charge in [0.1, 0.15) is 0 Å². The van der Waals surface area contributed by atoms with Crippen LogP contribution in [-0.2, 0) is 32.9 Å². The summed E-state index contributed by atoms with van der Waals surface area (Å²) in [4.78, 5) is 0. The van der Waals surface area contributed by atoms with Crippen LogP contribution in [0.1, 0.15) is 0 Å². The van der Waals surface area contributed by atoms with Gasteiger partial charge in [-0.05, 0) is 78.6 Å². The zero-order chi connectivity index (χ0) is 41.1. The summed E-state index contributed by atoms with van der Waals surface area (Å²) in [5, 5.41) is 7.19. The fourth-order valence-electron chi connectivity index (χ4n) is 6.26. The van der Waals surface area contributed by atoms with Crippen LogP contribution in [0.2, 0.25) is 148 Å². The van der Waals surface area contributed by atoms with E-state index < -0.39 is 118 Å². The highest BCUT2D eigenvalue weighted by Crippen LogP contribution is 2.18. The Balaban J connectivity index is 0.000000717. The lowest BCUT2D eigenvalue weighted by atomic mass is 10.3. The predicted octanol–water partition coefficient (Wildman–Crippen LogP) is -0.0152. The molecule has 0 saturated carbocycles. The molecule has 2 fully saturated rings. The van der Waals surface area contributed by atoms with Crippen LogP contribution >= 0.6 is 0 Å². The lowest BCUT2D eigenvalue weighted by Gasteiger charge is -2.35. The van der Waals surface area contributed by atoms with Crippen molar-refractivity contribution in [2.45, 2.75) is 148 Å². The van der Waals surface area contributed by atoms with Gasteiger partial charge in [0.15, 0.2) is 36.2 Å². The van der Waals surface area contributed by atoms with Crippen LogP contribution in [0.4, 0.5) is 0 Å². The van der Waals surface area contributed by atoms with E-state index in [0.717, 1.165) is 0 Å². The molecule has 0 atom stereocenters. The molecule has 2 aliphatic heterocycles. The van der Waals surface area contributed by atoms with E-state index in [2.05, 4.69) is 117 Å². The summed E-state index contributed by atoms with van der Waals surface area (Å²) in [5.41, 5.74) is 5.44. The van der Waals surface area contributed by atoms with Gasteiger partial charge in [-0.15, -0.1) is 0 Å². The van der Waals surface area contributed by atoms with E-state index in [4.69, 9.17) is 32.9 Å². The molecule has 0 aromatic heterocycles. The van der Waals surface area contributed by atoms with Crippen molar-refractivity contribution >= 4 is 167 Å². The molecule has 0 spiro atoms. The summed E-state index contributed by atoms with van der Waals surface area (Å²) < 4.78 is 47.0. The monoisotopic (exact) mass is 1010 g/mol. The van der Waals surface area contributed by atoms with Crippen LogP contribution in [0.3, 0.4) is 0 Å². The zero-order valence-electron chi connectivity index (χ0n) is 38.1. The van der Waals surface area contributed by atoms with Gasteiger partial charge in [-0.25, -0.2) is 0 Å². The van der Waals surface area contributed by atoms with Crippen LogP contribution in [-0.4, -0.2) is 146 Å². The Bertz CT molecular complexity index is 932. The zero-order valence-corrected chi connectivity index (χ0v) is 57.2. The SMILES string of the molecule is C1[SiH2]C[SiH2]C[SiH2]1.C[SiH](C)O[Si](O[SiH](C)C)(O[SiH](C)C)O[SiH](C)C.C[SiH](C)c1cc([SiH](C)C)c([SiH](C)C)cc1[SiH](C)C.C[SiH]1O[SiH](C)O[SiH](C)O[SiH](C)O1. The van der Waals surface area contributed by atoms with Gasteiger partial charge in [0, 0.05) is 28.6 Å². The van der Waals surface area contributed by atoms with E-state index in [0.29, 0.717) is 28.6 Å². The molecule has 1 aromatic carbocycles. The smallest absolute Gasteiger partial charge is 0.420 e. The molecule has 0 N–H and O–H groups in total. The summed E-state index contributed by atoms with van der Waals surface area (Å²) in [7, 11) is -14.1. The molecule has 3 rings (SSSR count). The molecule has 8 nitrogen and oxygen atoms in total. The summed E-state index contributed by atoms with van der Waals surface area (Å²) in [6.07, 6.45) is 0. The minimum Gasteiger partial charge on any atom is -0.420 e. The van der Waals surface area contributed by atoms with E-state index in [9.17, 15) is 0 Å². The first kappa shape index (κ1) is 55.4. The number of hydrogen-bond donors (Lipinski definition) is 0. The van der Waals surface area contributed by atoms with Crippen molar-refractivity contribution in [3.63, 3.8) is 0 Å². The average molecular weight is 1010 g/mol. The lowest BCUT2D eigenvalue weighted by Crippen LogP contribution is -2.57. The van der Waals surface area contributed by atoms with Crippen molar-refractivity contribution in [2.24, 2.45) is 0 Å². The third-order valence-electron chi connectivity index (χ3n) is 8.33. The average Bonchev–Trinajstić information content (AvgIpc) is 2.99. The molecule has 0 unspecified atom stereocenters. The van der Waals surface area contributed by atoms with Crippen molar-refractivity contribution < 1.29 is 32.9 Å². The first-order valence-corrected chi connectivity index (χ1v) is 59.7. The Kier molecular flexibility index (Phi) is 30.9. The minimum atomic E-state index is -2.80. The van der Waals surface area contributed by atoms with Crippen molar-refractivity contribution in [1.29, 1.82) is 0 Å². The van der Waals surface area contributed by atoms with E-state index in [-0.39, 0.29) is 0 Å². The number of hydrogen-bond acceptors (Lipinski definition) is 8. The maximum absolute atomic E-state index is 6.09. The Morgan fingerprint density at radius 3 is 0.736 bits per heavy atom. The Hall–Kier alpha value is 2.37. The maximum atomic E-state index is 6.09. The molecule has 0 amide bonds. The van der Waals surface area contributed by atoms with Gasteiger partial charge >= 0.3 is 9.05 Å². The molecule has 24 heteroatoms. The Morgan fingerprint density at radius 1 is 0.415 bits per heavy atom. The van der Waals surface area contributed by atoms with E-state index in [1.165, 1.54) is 0 Å². The third kappa shape index (κ3) is 25.6. The van der Waals surface area contributed by atoms with Gasteiger partial charge in [-0.3, -0.25) is 0 Å². The molecule has 0 aliphatic carbocycles. The highest BCUT2D eigenvalue weighted by Gasteiger charge is 2.47. The first-order valence-electron chi connectivity index (χ1n) is 21.0. The van der Waals surface area contributed by atoms with Crippen molar-refractivity contribution in [3.05, 3.63) is 12.1 Å². The largest absolute Gasteiger partial charge is 0.636 e. The van der Waals surface area contributed by atoms with E-state index in [1.807, 2.05) is 43.2 Å². The first-order chi connectivity index (χ1) is 24.5. The standard InChI is InChI=1S/C14H30Si4.C8H28O4Si5.C4H16O4Si4.C3H12Si3/c1-15(2)11-9-13(17(5)6)14(18(7)8)10-12(11)16(3)4;1-13(2)9-17(10-14(3)4,11-15(5)6)12-16(7)8;1-9-5-10(2)7-12(4)8-11(3)6-9;1-4-2-6-3-5-1/h9-10,15-18H,1-8H3;13-16H,1-8H3;9-12H,1-4H3;1-6H2. The highest BCUT2D eigenvalue weighted by atomic mass is 28.5. The second-order valence-electron chi connectivity index (χ2n) is 16.8. The molecule has 1 aromatic rings. The van der Waals surface area contributed by atoms with Crippen LogP contribution < -0.4 is 20.7 Å². The van der Waals surface area contributed by atoms with E-state index in [1.54, 1.807) is 20.7 Å². The highest BCUT2D eigenvalue weighted by molar-refractivity contribution is 6.87. The normalized spacial score (nSPS) is 22.7. The Morgan fingerprint density at radius 2 is 0.604 bits per heavy atom. The Labute approximate surface area is 357 Å². The number of rotatable bonds is 12.